The van der Waals surface area contributed by atoms with Crippen molar-refractivity contribution in [2.45, 2.75) is 32.0 Å². The molecular formula is C18H20O3. The molecule has 3 rings (SSSR count). The molecule has 0 saturated heterocycles. The van der Waals surface area contributed by atoms with E-state index < -0.39 is 6.10 Å². The number of hydrogen-bond acceptors (Lipinski definition) is 3. The standard InChI is InChI=1S/C18H20O3/c1-18(2)11-14-10-13(6-9-16(14)21-18)17(19)12-4-7-15(20-3)8-5-12/h4-10,17,19H,11H2,1-3H3. The molecule has 110 valence electrons. The lowest BCUT2D eigenvalue weighted by molar-refractivity contribution is 0.138. The number of aliphatic hydroxyl groups is 1. The molecule has 21 heavy (non-hydrogen) atoms. The zero-order chi connectivity index (χ0) is 15.0. The average Bonchev–Trinajstić information content (AvgIpc) is 2.79. The van der Waals surface area contributed by atoms with Crippen LogP contribution in [0.15, 0.2) is 42.5 Å². The van der Waals surface area contributed by atoms with Crippen molar-refractivity contribution in [3.05, 3.63) is 59.2 Å². The number of benzene rings is 2. The molecule has 2 aromatic carbocycles. The van der Waals surface area contributed by atoms with Crippen LogP contribution in [-0.2, 0) is 6.42 Å². The number of hydrogen-bond donors (Lipinski definition) is 1. The fraction of sp³-hybridized carbons (Fsp3) is 0.333. The van der Waals surface area contributed by atoms with Gasteiger partial charge < -0.3 is 14.6 Å². The van der Waals surface area contributed by atoms with Gasteiger partial charge in [0.1, 0.15) is 23.2 Å². The summed E-state index contributed by atoms with van der Waals surface area (Å²) in [6, 6.07) is 13.4. The van der Waals surface area contributed by atoms with E-state index in [0.29, 0.717) is 0 Å². The van der Waals surface area contributed by atoms with Crippen LogP contribution in [0.4, 0.5) is 0 Å². The van der Waals surface area contributed by atoms with Crippen LogP contribution in [-0.4, -0.2) is 17.8 Å². The Labute approximate surface area is 125 Å². The molecule has 0 fully saturated rings. The fourth-order valence-electron chi connectivity index (χ4n) is 2.78. The van der Waals surface area contributed by atoms with Crippen LogP contribution in [0.2, 0.25) is 0 Å². The van der Waals surface area contributed by atoms with Crippen molar-refractivity contribution in [2.75, 3.05) is 7.11 Å². The molecule has 2 aromatic rings. The summed E-state index contributed by atoms with van der Waals surface area (Å²) in [5.74, 6) is 1.71. The highest BCUT2D eigenvalue weighted by Gasteiger charge is 2.30. The highest BCUT2D eigenvalue weighted by atomic mass is 16.5. The first kappa shape index (κ1) is 14.0. The van der Waals surface area contributed by atoms with E-state index in [4.69, 9.17) is 9.47 Å². The highest BCUT2D eigenvalue weighted by Crippen LogP contribution is 2.37. The van der Waals surface area contributed by atoms with Gasteiger partial charge in [0.25, 0.3) is 0 Å². The second kappa shape index (κ2) is 5.08. The maximum Gasteiger partial charge on any atom is 0.123 e. The Bertz CT molecular complexity index is 644. The van der Waals surface area contributed by atoms with Gasteiger partial charge in [-0.25, -0.2) is 0 Å². The molecule has 1 unspecified atom stereocenters. The third kappa shape index (κ3) is 2.74. The van der Waals surface area contributed by atoms with Gasteiger partial charge in [0.2, 0.25) is 0 Å². The minimum atomic E-state index is -0.634. The summed E-state index contributed by atoms with van der Waals surface area (Å²) < 4.78 is 11.0. The topological polar surface area (TPSA) is 38.7 Å². The molecule has 0 amide bonds. The number of fused-ring (bicyclic) bond motifs is 1. The molecule has 1 N–H and O–H groups in total. The molecule has 0 radical (unpaired) electrons. The molecule has 0 aliphatic carbocycles. The highest BCUT2D eigenvalue weighted by molar-refractivity contribution is 5.44. The summed E-state index contributed by atoms with van der Waals surface area (Å²) >= 11 is 0. The molecule has 3 nitrogen and oxygen atoms in total. The molecule has 1 heterocycles. The van der Waals surface area contributed by atoms with Gasteiger partial charge in [-0.05, 0) is 54.8 Å². The summed E-state index contributed by atoms with van der Waals surface area (Å²) in [5.41, 5.74) is 2.74. The Morgan fingerprint density at radius 1 is 1.10 bits per heavy atom. The van der Waals surface area contributed by atoms with Gasteiger partial charge in [-0.15, -0.1) is 0 Å². The Hall–Kier alpha value is -2.00. The minimum absolute atomic E-state index is 0.161. The smallest absolute Gasteiger partial charge is 0.123 e. The summed E-state index contributed by atoms with van der Waals surface area (Å²) in [6.07, 6.45) is 0.232. The van der Waals surface area contributed by atoms with Gasteiger partial charge in [-0.3, -0.25) is 0 Å². The van der Waals surface area contributed by atoms with Gasteiger partial charge in [0, 0.05) is 6.42 Å². The first-order valence-electron chi connectivity index (χ1n) is 7.12. The summed E-state index contributed by atoms with van der Waals surface area (Å²) in [6.45, 7) is 4.15. The fourth-order valence-corrected chi connectivity index (χ4v) is 2.78. The zero-order valence-corrected chi connectivity index (χ0v) is 12.6. The van der Waals surface area contributed by atoms with Crippen molar-refractivity contribution in [1.82, 2.24) is 0 Å². The summed E-state index contributed by atoms with van der Waals surface area (Å²) in [7, 11) is 1.63. The van der Waals surface area contributed by atoms with E-state index in [9.17, 15) is 5.11 Å². The van der Waals surface area contributed by atoms with E-state index in [1.807, 2.05) is 42.5 Å². The van der Waals surface area contributed by atoms with Crippen molar-refractivity contribution in [3.63, 3.8) is 0 Å². The first-order valence-corrected chi connectivity index (χ1v) is 7.12. The van der Waals surface area contributed by atoms with Crippen LogP contribution >= 0.6 is 0 Å². The molecule has 3 heteroatoms. The maximum atomic E-state index is 10.5. The normalized spacial score (nSPS) is 17.0. The van der Waals surface area contributed by atoms with Gasteiger partial charge in [-0.2, -0.15) is 0 Å². The molecule has 1 aliphatic heterocycles. The van der Waals surface area contributed by atoms with E-state index in [2.05, 4.69) is 13.8 Å². The Morgan fingerprint density at radius 3 is 2.43 bits per heavy atom. The minimum Gasteiger partial charge on any atom is -0.497 e. The number of methoxy groups -OCH3 is 1. The van der Waals surface area contributed by atoms with Crippen molar-refractivity contribution in [2.24, 2.45) is 0 Å². The van der Waals surface area contributed by atoms with Crippen LogP contribution in [0.3, 0.4) is 0 Å². The van der Waals surface area contributed by atoms with Crippen LogP contribution in [0, 0.1) is 0 Å². The number of ether oxygens (including phenoxy) is 2. The number of rotatable bonds is 3. The second-order valence-electron chi connectivity index (χ2n) is 6.08. The Morgan fingerprint density at radius 2 is 1.76 bits per heavy atom. The van der Waals surface area contributed by atoms with Gasteiger partial charge in [-0.1, -0.05) is 18.2 Å². The lowest BCUT2D eigenvalue weighted by atomic mass is 9.96. The van der Waals surface area contributed by atoms with E-state index >= 15 is 0 Å². The largest absolute Gasteiger partial charge is 0.497 e. The van der Waals surface area contributed by atoms with Gasteiger partial charge in [0.05, 0.1) is 7.11 Å². The van der Waals surface area contributed by atoms with Crippen molar-refractivity contribution < 1.29 is 14.6 Å². The molecule has 0 spiro atoms. The SMILES string of the molecule is COc1ccc(C(O)c2ccc3c(c2)CC(C)(C)O3)cc1. The monoisotopic (exact) mass is 284 g/mol. The van der Waals surface area contributed by atoms with Crippen LogP contribution in [0.5, 0.6) is 11.5 Å². The predicted octanol–water partition coefficient (Wildman–Crippen LogP) is 3.49. The maximum absolute atomic E-state index is 10.5. The lowest BCUT2D eigenvalue weighted by Crippen LogP contribution is -2.24. The molecular weight excluding hydrogens is 264 g/mol. The van der Waals surface area contributed by atoms with Crippen LogP contribution < -0.4 is 9.47 Å². The van der Waals surface area contributed by atoms with Crippen LogP contribution in [0.1, 0.15) is 36.6 Å². The van der Waals surface area contributed by atoms with E-state index in [1.54, 1.807) is 7.11 Å². The van der Waals surface area contributed by atoms with E-state index in [0.717, 1.165) is 34.6 Å². The Balaban J connectivity index is 1.87. The van der Waals surface area contributed by atoms with E-state index in [1.165, 1.54) is 0 Å². The van der Waals surface area contributed by atoms with Crippen molar-refractivity contribution >= 4 is 0 Å². The zero-order valence-electron chi connectivity index (χ0n) is 12.6. The molecule has 0 bridgehead atoms. The van der Waals surface area contributed by atoms with Gasteiger partial charge in [0.15, 0.2) is 0 Å². The van der Waals surface area contributed by atoms with Crippen molar-refractivity contribution in [3.8, 4) is 11.5 Å². The summed E-state index contributed by atoms with van der Waals surface area (Å²) in [5, 5.41) is 10.5. The summed E-state index contributed by atoms with van der Waals surface area (Å²) in [4.78, 5) is 0. The van der Waals surface area contributed by atoms with Crippen LogP contribution in [0.25, 0.3) is 0 Å². The third-order valence-corrected chi connectivity index (χ3v) is 3.83. The molecule has 0 saturated carbocycles. The quantitative estimate of drug-likeness (QED) is 0.937. The third-order valence-electron chi connectivity index (χ3n) is 3.83. The molecule has 1 aliphatic rings. The number of aliphatic hydroxyl groups excluding tert-OH is 1. The van der Waals surface area contributed by atoms with Crippen molar-refractivity contribution in [1.29, 1.82) is 0 Å². The molecule has 0 aromatic heterocycles. The predicted molar refractivity (Wildman–Crippen MR) is 81.9 cm³/mol. The lowest BCUT2D eigenvalue weighted by Gasteiger charge is -2.16. The van der Waals surface area contributed by atoms with Gasteiger partial charge >= 0.3 is 0 Å². The Kier molecular flexibility index (Phi) is 3.38. The average molecular weight is 284 g/mol. The van der Waals surface area contributed by atoms with E-state index in [-0.39, 0.29) is 5.60 Å². The second-order valence-corrected chi connectivity index (χ2v) is 6.08. The molecule has 1 atom stereocenters. The first-order chi connectivity index (χ1) is 9.98.